The predicted molar refractivity (Wildman–Crippen MR) is 120 cm³/mol. The molecule has 0 bridgehead atoms. The van der Waals surface area contributed by atoms with E-state index in [0.717, 1.165) is 33.5 Å². The quantitative estimate of drug-likeness (QED) is 0.404. The van der Waals surface area contributed by atoms with E-state index in [2.05, 4.69) is 30.5 Å². The van der Waals surface area contributed by atoms with Gasteiger partial charge in [-0.05, 0) is 36.8 Å². The molecule has 0 aliphatic heterocycles. The lowest BCUT2D eigenvalue weighted by atomic mass is 10.1. The first-order valence-electron chi connectivity index (χ1n) is 9.97. The number of carbonyl (C=O) groups excluding carboxylic acids is 1. The van der Waals surface area contributed by atoms with Crippen LogP contribution in [-0.2, 0) is 0 Å². The molecule has 0 spiro atoms. The molecule has 0 unspecified atom stereocenters. The van der Waals surface area contributed by atoms with Gasteiger partial charge in [0.1, 0.15) is 0 Å². The van der Waals surface area contributed by atoms with E-state index in [1.165, 1.54) is 0 Å². The minimum Gasteiger partial charge on any atom is -0.343 e. The standard InChI is InChI=1S/C23H21N7O/c1-14(15-7-4-3-5-8-15)25-23(31)21-26-19-11-17-18(12-20(19)27-21)28-29-22(17)30(2)16-9-6-10-24-13-16/h3-14H,1-2H3,(H,25,31)(H,26,27)(H,28,29)/t14-/m1/s1. The number of aromatic amines is 2. The zero-order chi connectivity index (χ0) is 21.4. The monoisotopic (exact) mass is 411 g/mol. The Morgan fingerprint density at radius 1 is 1.10 bits per heavy atom. The highest BCUT2D eigenvalue weighted by Crippen LogP contribution is 2.30. The number of amides is 1. The van der Waals surface area contributed by atoms with Gasteiger partial charge in [-0.1, -0.05) is 30.3 Å². The van der Waals surface area contributed by atoms with Gasteiger partial charge in [0.15, 0.2) is 11.6 Å². The molecule has 8 nitrogen and oxygen atoms in total. The lowest BCUT2D eigenvalue weighted by Gasteiger charge is -2.16. The van der Waals surface area contributed by atoms with Crippen LogP contribution in [0.5, 0.6) is 0 Å². The van der Waals surface area contributed by atoms with Crippen molar-refractivity contribution in [2.75, 3.05) is 11.9 Å². The van der Waals surface area contributed by atoms with Crippen molar-refractivity contribution in [3.8, 4) is 0 Å². The smallest absolute Gasteiger partial charge is 0.287 e. The maximum atomic E-state index is 12.7. The van der Waals surface area contributed by atoms with Gasteiger partial charge in [-0.2, -0.15) is 5.10 Å². The van der Waals surface area contributed by atoms with Crippen molar-refractivity contribution in [1.29, 1.82) is 0 Å². The van der Waals surface area contributed by atoms with Crippen molar-refractivity contribution in [3.05, 3.63) is 78.4 Å². The predicted octanol–water partition coefficient (Wildman–Crippen LogP) is 4.09. The van der Waals surface area contributed by atoms with Gasteiger partial charge >= 0.3 is 0 Å². The number of aromatic nitrogens is 5. The Morgan fingerprint density at radius 2 is 1.94 bits per heavy atom. The highest BCUT2D eigenvalue weighted by atomic mass is 16.2. The second kappa shape index (κ2) is 7.56. The van der Waals surface area contributed by atoms with Crippen LogP contribution in [0.2, 0.25) is 0 Å². The van der Waals surface area contributed by atoms with E-state index in [-0.39, 0.29) is 17.8 Å². The largest absolute Gasteiger partial charge is 0.343 e. The molecule has 0 radical (unpaired) electrons. The second-order valence-corrected chi connectivity index (χ2v) is 7.42. The topological polar surface area (TPSA) is 103 Å². The SMILES string of the molecule is C[C@@H](NC(=O)c1nc2cc3c(N(C)c4cccnc4)n[nH]c3cc2[nH]1)c1ccccc1. The molecule has 154 valence electrons. The van der Waals surface area contributed by atoms with Crippen molar-refractivity contribution in [3.63, 3.8) is 0 Å². The number of nitrogens with one attached hydrogen (secondary N) is 3. The molecule has 0 aliphatic rings. The molecule has 5 rings (SSSR count). The van der Waals surface area contributed by atoms with Crippen LogP contribution >= 0.6 is 0 Å². The van der Waals surface area contributed by atoms with Gasteiger partial charge in [0.25, 0.3) is 5.91 Å². The Labute approximate surface area is 178 Å². The Balaban J connectivity index is 1.45. The van der Waals surface area contributed by atoms with Crippen LogP contribution in [0.25, 0.3) is 21.9 Å². The number of pyridine rings is 1. The number of carbonyl (C=O) groups is 1. The molecule has 1 amide bonds. The van der Waals surface area contributed by atoms with Gasteiger partial charge in [-0.3, -0.25) is 14.9 Å². The molecular formula is C23H21N7O. The normalized spacial score (nSPS) is 12.2. The van der Waals surface area contributed by atoms with Crippen molar-refractivity contribution in [2.45, 2.75) is 13.0 Å². The molecule has 0 aliphatic carbocycles. The van der Waals surface area contributed by atoms with E-state index in [4.69, 9.17) is 0 Å². The van der Waals surface area contributed by atoms with E-state index < -0.39 is 0 Å². The highest BCUT2D eigenvalue weighted by molar-refractivity contribution is 6.02. The van der Waals surface area contributed by atoms with Crippen LogP contribution in [0.3, 0.4) is 0 Å². The minimum absolute atomic E-state index is 0.125. The summed E-state index contributed by atoms with van der Waals surface area (Å²) in [5.41, 5.74) is 4.28. The third-order valence-electron chi connectivity index (χ3n) is 5.36. The fraction of sp³-hybridized carbons (Fsp3) is 0.130. The first kappa shape index (κ1) is 18.8. The molecular weight excluding hydrogens is 390 g/mol. The maximum absolute atomic E-state index is 12.7. The van der Waals surface area contributed by atoms with Crippen LogP contribution in [0.4, 0.5) is 11.5 Å². The Bertz CT molecular complexity index is 1360. The molecule has 0 saturated carbocycles. The molecule has 0 saturated heterocycles. The number of H-pyrrole nitrogens is 2. The maximum Gasteiger partial charge on any atom is 0.287 e. The number of anilines is 2. The van der Waals surface area contributed by atoms with E-state index in [1.807, 2.05) is 73.5 Å². The molecule has 0 fully saturated rings. The number of rotatable bonds is 5. The molecule has 3 heterocycles. The summed E-state index contributed by atoms with van der Waals surface area (Å²) in [5.74, 6) is 0.791. The number of nitrogens with zero attached hydrogens (tertiary/aromatic N) is 4. The van der Waals surface area contributed by atoms with Crippen LogP contribution in [0.15, 0.2) is 67.0 Å². The number of benzene rings is 2. The van der Waals surface area contributed by atoms with E-state index in [0.29, 0.717) is 5.52 Å². The summed E-state index contributed by atoms with van der Waals surface area (Å²) in [4.78, 5) is 26.5. The Morgan fingerprint density at radius 3 is 2.71 bits per heavy atom. The Hall–Kier alpha value is -4.20. The van der Waals surface area contributed by atoms with Crippen molar-refractivity contribution < 1.29 is 4.79 Å². The first-order valence-corrected chi connectivity index (χ1v) is 9.97. The van der Waals surface area contributed by atoms with Crippen molar-refractivity contribution >= 4 is 39.3 Å². The summed E-state index contributed by atoms with van der Waals surface area (Å²) in [5, 5.41) is 11.4. The van der Waals surface area contributed by atoms with Gasteiger partial charge in [-0.25, -0.2) is 4.98 Å². The summed E-state index contributed by atoms with van der Waals surface area (Å²) in [7, 11) is 1.94. The third-order valence-corrected chi connectivity index (χ3v) is 5.36. The summed E-state index contributed by atoms with van der Waals surface area (Å²) >= 11 is 0. The van der Waals surface area contributed by atoms with Crippen molar-refractivity contribution in [1.82, 2.24) is 30.5 Å². The van der Waals surface area contributed by atoms with Gasteiger partial charge in [-0.15, -0.1) is 0 Å². The third kappa shape index (κ3) is 3.48. The van der Waals surface area contributed by atoms with Crippen LogP contribution in [-0.4, -0.2) is 38.1 Å². The van der Waals surface area contributed by atoms with Crippen LogP contribution in [0, 0.1) is 0 Å². The van der Waals surface area contributed by atoms with E-state index in [9.17, 15) is 4.79 Å². The zero-order valence-electron chi connectivity index (χ0n) is 17.1. The zero-order valence-corrected chi connectivity index (χ0v) is 17.1. The van der Waals surface area contributed by atoms with Gasteiger partial charge in [0, 0.05) is 18.6 Å². The molecule has 2 aromatic carbocycles. The molecule has 8 heteroatoms. The average molecular weight is 411 g/mol. The highest BCUT2D eigenvalue weighted by Gasteiger charge is 2.18. The minimum atomic E-state index is -0.248. The van der Waals surface area contributed by atoms with E-state index >= 15 is 0 Å². The number of hydrogen-bond acceptors (Lipinski definition) is 5. The lowest BCUT2D eigenvalue weighted by Crippen LogP contribution is -2.27. The molecule has 3 aromatic heterocycles. The summed E-state index contributed by atoms with van der Waals surface area (Å²) in [6, 6.07) is 17.4. The average Bonchev–Trinajstić information content (AvgIpc) is 3.41. The van der Waals surface area contributed by atoms with Gasteiger partial charge in [0.2, 0.25) is 0 Å². The fourth-order valence-electron chi connectivity index (χ4n) is 3.64. The number of hydrogen-bond donors (Lipinski definition) is 3. The molecule has 31 heavy (non-hydrogen) atoms. The molecule has 5 aromatic rings. The summed E-state index contributed by atoms with van der Waals surface area (Å²) in [6.45, 7) is 1.95. The fourth-order valence-corrected chi connectivity index (χ4v) is 3.64. The Kier molecular flexibility index (Phi) is 4.59. The van der Waals surface area contributed by atoms with Crippen LogP contribution in [0.1, 0.15) is 29.1 Å². The summed E-state index contributed by atoms with van der Waals surface area (Å²) < 4.78 is 0. The molecule has 1 atom stereocenters. The number of imidazole rings is 1. The van der Waals surface area contributed by atoms with Gasteiger partial charge in [0.05, 0.1) is 34.5 Å². The summed E-state index contributed by atoms with van der Waals surface area (Å²) in [6.07, 6.45) is 3.52. The van der Waals surface area contributed by atoms with E-state index in [1.54, 1.807) is 12.4 Å². The number of fused-ring (bicyclic) bond motifs is 2. The van der Waals surface area contributed by atoms with Crippen molar-refractivity contribution in [2.24, 2.45) is 0 Å². The van der Waals surface area contributed by atoms with Crippen LogP contribution < -0.4 is 10.2 Å². The molecule has 3 N–H and O–H groups in total. The van der Waals surface area contributed by atoms with Gasteiger partial charge < -0.3 is 15.2 Å². The lowest BCUT2D eigenvalue weighted by molar-refractivity contribution is 0.0930. The first-order chi connectivity index (χ1) is 15.1. The second-order valence-electron chi connectivity index (χ2n) is 7.42.